The van der Waals surface area contributed by atoms with Gasteiger partial charge >= 0.3 is 0 Å². The van der Waals surface area contributed by atoms with Gasteiger partial charge in [-0.15, -0.1) is 0 Å². The monoisotopic (exact) mass is 188 g/mol. The summed E-state index contributed by atoms with van der Waals surface area (Å²) in [4.78, 5) is 10.7. The molecule has 0 amide bonds. The summed E-state index contributed by atoms with van der Waals surface area (Å²) in [5, 5.41) is 0. The molecule has 1 aromatic rings. The van der Waals surface area contributed by atoms with Crippen molar-refractivity contribution in [3.63, 3.8) is 0 Å². The van der Waals surface area contributed by atoms with Crippen molar-refractivity contribution < 1.29 is 4.79 Å². The Morgan fingerprint density at radius 3 is 2.57 bits per heavy atom. The first-order chi connectivity index (χ1) is 6.81. The molecule has 14 heavy (non-hydrogen) atoms. The lowest BCUT2D eigenvalue weighted by molar-refractivity contribution is -0.104. The molecule has 0 aromatic heterocycles. The first-order valence-electron chi connectivity index (χ1n) is 5.05. The first kappa shape index (κ1) is 10.7. The highest BCUT2D eigenvalue weighted by atomic mass is 16.1. The minimum Gasteiger partial charge on any atom is -0.298 e. The molecule has 0 saturated carbocycles. The van der Waals surface area contributed by atoms with E-state index in [1.807, 2.05) is 25.1 Å². The van der Waals surface area contributed by atoms with Crippen LogP contribution in [0.1, 0.15) is 31.4 Å². The van der Waals surface area contributed by atoms with Gasteiger partial charge in [0.25, 0.3) is 0 Å². The van der Waals surface area contributed by atoms with Crippen LogP contribution in [-0.4, -0.2) is 6.29 Å². The first-order valence-corrected chi connectivity index (χ1v) is 5.05. The second-order valence-electron chi connectivity index (χ2n) is 3.24. The van der Waals surface area contributed by atoms with E-state index in [9.17, 15) is 4.79 Å². The van der Waals surface area contributed by atoms with Gasteiger partial charge in [-0.2, -0.15) is 0 Å². The fourth-order valence-corrected chi connectivity index (χ4v) is 1.42. The van der Waals surface area contributed by atoms with Crippen molar-refractivity contribution in [1.29, 1.82) is 0 Å². The molecule has 1 nitrogen and oxygen atoms in total. The topological polar surface area (TPSA) is 17.1 Å². The maximum absolute atomic E-state index is 10.7. The molecule has 0 heterocycles. The predicted molar refractivity (Wildman–Crippen MR) is 60.2 cm³/mol. The van der Waals surface area contributed by atoms with Crippen LogP contribution in [0.4, 0.5) is 0 Å². The van der Waals surface area contributed by atoms with Crippen LogP contribution < -0.4 is 0 Å². The molecule has 0 N–H and O–H groups in total. The summed E-state index contributed by atoms with van der Waals surface area (Å²) in [6.45, 7) is 4.12. The summed E-state index contributed by atoms with van der Waals surface area (Å²) in [5.41, 5.74) is 3.31. The number of hydrogen-bond acceptors (Lipinski definition) is 1. The lowest BCUT2D eigenvalue weighted by Gasteiger charge is -2.03. The Morgan fingerprint density at radius 1 is 1.29 bits per heavy atom. The summed E-state index contributed by atoms with van der Waals surface area (Å²) < 4.78 is 0. The number of carbonyl (C=O) groups is 1. The molecule has 0 fully saturated rings. The third-order valence-electron chi connectivity index (χ3n) is 2.34. The summed E-state index contributed by atoms with van der Waals surface area (Å²) >= 11 is 0. The highest BCUT2D eigenvalue weighted by Crippen LogP contribution is 2.14. The van der Waals surface area contributed by atoms with Crippen LogP contribution in [0.5, 0.6) is 0 Å². The zero-order chi connectivity index (χ0) is 10.4. The predicted octanol–water partition coefficient (Wildman–Crippen LogP) is 3.24. The summed E-state index contributed by atoms with van der Waals surface area (Å²) in [6, 6.07) is 8.19. The van der Waals surface area contributed by atoms with E-state index >= 15 is 0 Å². The van der Waals surface area contributed by atoms with E-state index in [0.717, 1.165) is 24.7 Å². The molecule has 0 spiro atoms. The van der Waals surface area contributed by atoms with E-state index in [4.69, 9.17) is 0 Å². The molecule has 0 saturated heterocycles. The maximum Gasteiger partial charge on any atom is 0.146 e. The second kappa shape index (κ2) is 5.38. The van der Waals surface area contributed by atoms with E-state index in [1.165, 1.54) is 11.1 Å². The van der Waals surface area contributed by atoms with Crippen LogP contribution >= 0.6 is 0 Å². The number of aldehydes is 1. The van der Waals surface area contributed by atoms with Crippen molar-refractivity contribution in [1.82, 2.24) is 0 Å². The van der Waals surface area contributed by atoms with E-state index in [2.05, 4.69) is 19.1 Å². The lowest BCUT2D eigenvalue weighted by atomic mass is 10.0. The summed E-state index contributed by atoms with van der Waals surface area (Å²) in [7, 11) is 0. The average molecular weight is 188 g/mol. The standard InChI is InChI=1S/C13H16O/c1-3-11(10-14)9-13-8-6-5-7-12(13)4-2/h5-10H,3-4H2,1-2H3. The highest BCUT2D eigenvalue weighted by molar-refractivity contribution is 5.82. The van der Waals surface area contributed by atoms with Crippen molar-refractivity contribution in [2.24, 2.45) is 0 Å². The van der Waals surface area contributed by atoms with Crippen molar-refractivity contribution in [2.45, 2.75) is 26.7 Å². The van der Waals surface area contributed by atoms with Crippen LogP contribution in [0.15, 0.2) is 29.8 Å². The van der Waals surface area contributed by atoms with E-state index in [1.54, 1.807) is 0 Å². The van der Waals surface area contributed by atoms with Crippen molar-refractivity contribution in [3.05, 3.63) is 41.0 Å². The zero-order valence-electron chi connectivity index (χ0n) is 8.79. The van der Waals surface area contributed by atoms with Crippen molar-refractivity contribution >= 4 is 12.4 Å². The van der Waals surface area contributed by atoms with Gasteiger partial charge in [0.1, 0.15) is 6.29 Å². The minimum absolute atomic E-state index is 0.793. The molecule has 1 rings (SSSR count). The Balaban J connectivity index is 3.05. The molecule has 0 bridgehead atoms. The summed E-state index contributed by atoms with van der Waals surface area (Å²) in [5.74, 6) is 0. The number of allylic oxidation sites excluding steroid dienone is 1. The third kappa shape index (κ3) is 2.56. The lowest BCUT2D eigenvalue weighted by Crippen LogP contribution is -1.88. The molecular formula is C13H16O. The molecule has 0 aliphatic carbocycles. The van der Waals surface area contributed by atoms with Crippen LogP contribution in [0.2, 0.25) is 0 Å². The Hall–Kier alpha value is -1.37. The van der Waals surface area contributed by atoms with Crippen LogP contribution in [-0.2, 0) is 11.2 Å². The number of aryl methyl sites for hydroxylation is 1. The highest BCUT2D eigenvalue weighted by Gasteiger charge is 1.97. The van der Waals surface area contributed by atoms with Gasteiger partial charge in [-0.3, -0.25) is 4.79 Å². The van der Waals surface area contributed by atoms with Crippen LogP contribution in [0.25, 0.3) is 6.08 Å². The number of benzene rings is 1. The molecule has 0 radical (unpaired) electrons. The van der Waals surface area contributed by atoms with Gasteiger partial charge in [0.15, 0.2) is 0 Å². The smallest absolute Gasteiger partial charge is 0.146 e. The maximum atomic E-state index is 10.7. The SMILES string of the molecule is CCC(C=O)=Cc1ccccc1CC. The van der Waals surface area contributed by atoms with E-state index in [0.29, 0.717) is 0 Å². The molecule has 0 atom stereocenters. The van der Waals surface area contributed by atoms with Crippen molar-refractivity contribution in [2.75, 3.05) is 0 Å². The van der Waals surface area contributed by atoms with Crippen LogP contribution in [0.3, 0.4) is 0 Å². The van der Waals surface area contributed by atoms with Gasteiger partial charge in [-0.05, 0) is 35.6 Å². The Labute approximate surface area is 85.5 Å². The largest absolute Gasteiger partial charge is 0.298 e. The Morgan fingerprint density at radius 2 is 2.00 bits per heavy atom. The number of hydrogen-bond donors (Lipinski definition) is 0. The average Bonchev–Trinajstić information content (AvgIpc) is 2.26. The van der Waals surface area contributed by atoms with Gasteiger partial charge in [0, 0.05) is 0 Å². The third-order valence-corrected chi connectivity index (χ3v) is 2.34. The zero-order valence-corrected chi connectivity index (χ0v) is 8.79. The molecule has 1 aromatic carbocycles. The molecule has 74 valence electrons. The molecule has 1 heteroatoms. The van der Waals surface area contributed by atoms with Gasteiger partial charge in [-0.25, -0.2) is 0 Å². The van der Waals surface area contributed by atoms with Gasteiger partial charge in [-0.1, -0.05) is 38.1 Å². The van der Waals surface area contributed by atoms with E-state index < -0.39 is 0 Å². The molecule has 0 aliphatic rings. The van der Waals surface area contributed by atoms with Gasteiger partial charge < -0.3 is 0 Å². The summed E-state index contributed by atoms with van der Waals surface area (Å²) in [6.07, 6.45) is 4.71. The minimum atomic E-state index is 0.793. The van der Waals surface area contributed by atoms with Gasteiger partial charge in [0.05, 0.1) is 0 Å². The van der Waals surface area contributed by atoms with Gasteiger partial charge in [0.2, 0.25) is 0 Å². The van der Waals surface area contributed by atoms with Crippen LogP contribution in [0, 0.1) is 0 Å². The fraction of sp³-hybridized carbons (Fsp3) is 0.308. The fourth-order valence-electron chi connectivity index (χ4n) is 1.42. The normalized spacial score (nSPS) is 11.4. The Kier molecular flexibility index (Phi) is 4.11. The van der Waals surface area contributed by atoms with Crippen molar-refractivity contribution in [3.8, 4) is 0 Å². The second-order valence-corrected chi connectivity index (χ2v) is 3.24. The number of carbonyl (C=O) groups excluding carboxylic acids is 1. The molecular weight excluding hydrogens is 172 g/mol. The van der Waals surface area contributed by atoms with E-state index in [-0.39, 0.29) is 0 Å². The Bertz CT molecular complexity index is 337. The molecule has 0 aliphatic heterocycles. The molecule has 0 unspecified atom stereocenters. The number of rotatable bonds is 4. The quantitative estimate of drug-likeness (QED) is 0.523.